The lowest BCUT2D eigenvalue weighted by molar-refractivity contribution is 0.210. The summed E-state index contributed by atoms with van der Waals surface area (Å²) in [7, 11) is 12.5. The summed E-state index contributed by atoms with van der Waals surface area (Å²) >= 11 is 0. The number of nitrogens with two attached hydrogens (primary N) is 1. The van der Waals surface area contributed by atoms with E-state index in [1.807, 2.05) is 30.3 Å². The number of hydrogen-bond acceptors (Lipinski definition) is 2. The predicted molar refractivity (Wildman–Crippen MR) is 68.4 cm³/mol. The van der Waals surface area contributed by atoms with Gasteiger partial charge in [-0.05, 0) is 30.8 Å². The molecule has 2 unspecified atom stereocenters. The zero-order chi connectivity index (χ0) is 11.8. The molecule has 0 saturated carbocycles. The van der Waals surface area contributed by atoms with Crippen molar-refractivity contribution in [3.63, 3.8) is 0 Å². The summed E-state index contributed by atoms with van der Waals surface area (Å²) in [5.41, 5.74) is 6.92. The highest BCUT2D eigenvalue weighted by Gasteiger charge is 2.37. The predicted octanol–water partition coefficient (Wildman–Crippen LogP) is 0.555. The summed E-state index contributed by atoms with van der Waals surface area (Å²) in [4.78, 5) is 2.08. The SMILES string of the molecule is [B]C([B])(c1ccccc1)N1CCC(N)C1C. The summed E-state index contributed by atoms with van der Waals surface area (Å²) in [6.45, 7) is 2.93. The summed E-state index contributed by atoms with van der Waals surface area (Å²) < 4.78 is 0. The van der Waals surface area contributed by atoms with Crippen LogP contribution in [0.4, 0.5) is 0 Å². The Bertz CT molecular complexity index is 353. The van der Waals surface area contributed by atoms with Crippen LogP contribution in [-0.4, -0.2) is 39.2 Å². The van der Waals surface area contributed by atoms with Gasteiger partial charge in [-0.3, -0.25) is 0 Å². The van der Waals surface area contributed by atoms with Crippen LogP contribution in [-0.2, 0) is 5.34 Å². The van der Waals surface area contributed by atoms with Crippen molar-refractivity contribution in [3.05, 3.63) is 35.9 Å². The molecule has 1 aliphatic rings. The standard InChI is InChI=1S/C12H16B2N2/c1-9-11(15)7-8-16(9)12(13,14)10-5-3-2-4-6-10/h2-6,9,11H,7-8,15H2,1H3. The highest BCUT2D eigenvalue weighted by molar-refractivity contribution is 6.39. The molecule has 1 saturated heterocycles. The monoisotopic (exact) mass is 210 g/mol. The quantitative estimate of drug-likeness (QED) is 0.722. The minimum Gasteiger partial charge on any atom is -0.326 e. The van der Waals surface area contributed by atoms with Crippen LogP contribution in [0.3, 0.4) is 0 Å². The molecule has 0 spiro atoms. The van der Waals surface area contributed by atoms with Gasteiger partial charge in [0.05, 0.1) is 15.7 Å². The van der Waals surface area contributed by atoms with Gasteiger partial charge in [0.1, 0.15) is 0 Å². The van der Waals surface area contributed by atoms with Crippen molar-refractivity contribution in [3.8, 4) is 0 Å². The first kappa shape index (κ1) is 11.7. The lowest BCUT2D eigenvalue weighted by atomic mass is 9.56. The average molecular weight is 210 g/mol. The Balaban J connectivity index is 2.26. The second-order valence-corrected chi connectivity index (χ2v) is 4.58. The maximum Gasteiger partial charge on any atom is 0.0887 e. The largest absolute Gasteiger partial charge is 0.326 e. The fraction of sp³-hybridized carbons (Fsp3) is 0.500. The van der Waals surface area contributed by atoms with Crippen molar-refractivity contribution in [2.45, 2.75) is 30.8 Å². The third kappa shape index (κ3) is 1.92. The van der Waals surface area contributed by atoms with Crippen molar-refractivity contribution in [2.75, 3.05) is 6.54 Å². The van der Waals surface area contributed by atoms with Gasteiger partial charge in [0.25, 0.3) is 0 Å². The van der Waals surface area contributed by atoms with Crippen molar-refractivity contribution in [2.24, 2.45) is 5.73 Å². The highest BCUT2D eigenvalue weighted by Crippen LogP contribution is 2.29. The number of nitrogens with zero attached hydrogens (tertiary/aromatic N) is 1. The first-order valence-corrected chi connectivity index (χ1v) is 5.69. The van der Waals surface area contributed by atoms with Gasteiger partial charge in [-0.15, -0.1) is 0 Å². The smallest absolute Gasteiger partial charge is 0.0887 e. The third-order valence-corrected chi connectivity index (χ3v) is 3.53. The minimum absolute atomic E-state index is 0.162. The lowest BCUT2D eigenvalue weighted by Gasteiger charge is -2.41. The molecule has 1 aliphatic heterocycles. The molecule has 16 heavy (non-hydrogen) atoms. The summed E-state index contributed by atoms with van der Waals surface area (Å²) in [5.74, 6) is 0. The van der Waals surface area contributed by atoms with E-state index in [0.717, 1.165) is 18.5 Å². The average Bonchev–Trinajstić information content (AvgIpc) is 2.61. The van der Waals surface area contributed by atoms with E-state index in [4.69, 9.17) is 21.4 Å². The maximum atomic E-state index is 6.24. The van der Waals surface area contributed by atoms with Gasteiger partial charge in [0.15, 0.2) is 0 Å². The Labute approximate surface area is 100 Å². The van der Waals surface area contributed by atoms with E-state index in [-0.39, 0.29) is 12.1 Å². The fourth-order valence-corrected chi connectivity index (χ4v) is 2.36. The van der Waals surface area contributed by atoms with Gasteiger partial charge >= 0.3 is 0 Å². The third-order valence-electron chi connectivity index (χ3n) is 3.53. The lowest BCUT2D eigenvalue weighted by Crippen LogP contribution is -2.51. The molecule has 4 radical (unpaired) electrons. The molecule has 2 atom stereocenters. The zero-order valence-electron chi connectivity index (χ0n) is 9.63. The summed E-state index contributed by atoms with van der Waals surface area (Å²) in [5, 5.41) is -0.922. The van der Waals surface area contributed by atoms with Gasteiger partial charge < -0.3 is 10.6 Å². The number of likely N-dealkylation sites (tertiary alicyclic amines) is 1. The summed E-state index contributed by atoms with van der Waals surface area (Å²) in [6.07, 6.45) is 0.949. The zero-order valence-corrected chi connectivity index (χ0v) is 9.63. The molecule has 2 nitrogen and oxygen atoms in total. The van der Waals surface area contributed by atoms with Gasteiger partial charge in [-0.1, -0.05) is 30.3 Å². The number of benzene rings is 1. The van der Waals surface area contributed by atoms with Crippen LogP contribution in [0, 0.1) is 0 Å². The van der Waals surface area contributed by atoms with E-state index >= 15 is 0 Å². The van der Waals surface area contributed by atoms with Crippen LogP contribution < -0.4 is 5.73 Å². The van der Waals surface area contributed by atoms with Crippen LogP contribution in [0.25, 0.3) is 0 Å². The fourth-order valence-electron chi connectivity index (χ4n) is 2.36. The Kier molecular flexibility index (Phi) is 3.13. The van der Waals surface area contributed by atoms with Crippen LogP contribution >= 0.6 is 0 Å². The summed E-state index contributed by atoms with van der Waals surface area (Å²) in [6, 6.07) is 10.1. The molecule has 0 aliphatic carbocycles. The molecule has 2 N–H and O–H groups in total. The van der Waals surface area contributed by atoms with Gasteiger partial charge in [-0.2, -0.15) is 0 Å². The second-order valence-electron chi connectivity index (χ2n) is 4.58. The maximum absolute atomic E-state index is 6.24. The van der Waals surface area contributed by atoms with E-state index in [1.165, 1.54) is 0 Å². The van der Waals surface area contributed by atoms with Crippen LogP contribution in [0.2, 0.25) is 0 Å². The molecule has 0 amide bonds. The van der Waals surface area contributed by atoms with E-state index in [2.05, 4.69) is 11.8 Å². The highest BCUT2D eigenvalue weighted by atomic mass is 15.2. The normalized spacial score (nSPS) is 27.1. The number of hydrogen-bond donors (Lipinski definition) is 1. The van der Waals surface area contributed by atoms with Crippen LogP contribution in [0.5, 0.6) is 0 Å². The molecular weight excluding hydrogens is 194 g/mol. The van der Waals surface area contributed by atoms with Gasteiger partial charge in [-0.25, -0.2) is 0 Å². The van der Waals surface area contributed by atoms with Crippen molar-refractivity contribution in [1.82, 2.24) is 4.90 Å². The molecule has 1 fully saturated rings. The molecule has 0 bridgehead atoms. The first-order chi connectivity index (χ1) is 7.53. The molecule has 2 rings (SSSR count). The van der Waals surface area contributed by atoms with E-state index in [9.17, 15) is 0 Å². The van der Waals surface area contributed by atoms with Gasteiger partial charge in [0, 0.05) is 12.1 Å². The Morgan fingerprint density at radius 2 is 1.94 bits per heavy atom. The molecule has 1 aromatic carbocycles. The van der Waals surface area contributed by atoms with E-state index in [0.29, 0.717) is 0 Å². The Morgan fingerprint density at radius 3 is 2.44 bits per heavy atom. The van der Waals surface area contributed by atoms with Crippen molar-refractivity contribution in [1.29, 1.82) is 0 Å². The Morgan fingerprint density at radius 1 is 1.31 bits per heavy atom. The molecule has 4 heteroatoms. The molecule has 1 heterocycles. The van der Waals surface area contributed by atoms with E-state index < -0.39 is 5.34 Å². The molecule has 0 aromatic heterocycles. The Hall–Kier alpha value is -0.730. The second kappa shape index (κ2) is 4.27. The van der Waals surface area contributed by atoms with Crippen molar-refractivity contribution >= 4 is 15.7 Å². The van der Waals surface area contributed by atoms with Crippen LogP contribution in [0.1, 0.15) is 18.9 Å². The topological polar surface area (TPSA) is 29.3 Å². The number of rotatable bonds is 2. The molecule has 1 aromatic rings. The van der Waals surface area contributed by atoms with Crippen LogP contribution in [0.15, 0.2) is 30.3 Å². The van der Waals surface area contributed by atoms with Crippen molar-refractivity contribution < 1.29 is 0 Å². The van der Waals surface area contributed by atoms with E-state index in [1.54, 1.807) is 0 Å². The molecule has 80 valence electrons. The van der Waals surface area contributed by atoms with Gasteiger partial charge in [0.2, 0.25) is 0 Å². The minimum atomic E-state index is -0.922. The molecular formula is C12H16B2N2. The first-order valence-electron chi connectivity index (χ1n) is 5.69.